The predicted molar refractivity (Wildman–Crippen MR) is 156 cm³/mol. The molecule has 3 aromatic carbocycles. The van der Waals surface area contributed by atoms with Gasteiger partial charge >= 0.3 is 0 Å². The number of ether oxygens (including phenoxy) is 3. The molecule has 0 unspecified atom stereocenters. The van der Waals surface area contributed by atoms with Crippen molar-refractivity contribution in [2.45, 2.75) is 64.1 Å². The summed E-state index contributed by atoms with van der Waals surface area (Å²) < 4.78 is 16.6. The second kappa shape index (κ2) is 14.4. The van der Waals surface area contributed by atoms with Crippen molar-refractivity contribution < 1.29 is 23.8 Å². The van der Waals surface area contributed by atoms with Crippen molar-refractivity contribution in [2.75, 3.05) is 20.8 Å². The van der Waals surface area contributed by atoms with Crippen LogP contribution in [0.1, 0.15) is 48.8 Å². The lowest BCUT2D eigenvalue weighted by Gasteiger charge is -2.33. The van der Waals surface area contributed by atoms with Crippen LogP contribution in [0.25, 0.3) is 0 Å². The number of carbonyl (C=O) groups excluding carboxylic acids is 2. The molecule has 2 amide bonds. The van der Waals surface area contributed by atoms with E-state index in [0.29, 0.717) is 30.2 Å². The topological polar surface area (TPSA) is 77.1 Å². The van der Waals surface area contributed by atoms with E-state index in [9.17, 15) is 9.59 Å². The number of nitrogens with one attached hydrogen (secondary N) is 1. The Morgan fingerprint density at radius 1 is 0.850 bits per heavy atom. The lowest BCUT2D eigenvalue weighted by Crippen LogP contribution is -2.53. The van der Waals surface area contributed by atoms with Gasteiger partial charge in [-0.25, -0.2) is 0 Å². The van der Waals surface area contributed by atoms with Crippen LogP contribution in [0.15, 0.2) is 72.8 Å². The SMILES string of the molecule is COc1cc(OC)cc(OCC(=O)N(Cc2cccc(C)c2)[C@@H](Cc2ccccc2)C(=O)NC2CCCCC2)c1. The molecule has 212 valence electrons. The second-order valence-corrected chi connectivity index (χ2v) is 10.4. The lowest BCUT2D eigenvalue weighted by atomic mass is 9.94. The minimum absolute atomic E-state index is 0.125. The second-order valence-electron chi connectivity index (χ2n) is 10.4. The van der Waals surface area contributed by atoms with Gasteiger partial charge in [0.05, 0.1) is 14.2 Å². The number of nitrogens with zero attached hydrogens (tertiary/aromatic N) is 1. The summed E-state index contributed by atoms with van der Waals surface area (Å²) in [5.41, 5.74) is 3.04. The first-order valence-electron chi connectivity index (χ1n) is 14.0. The van der Waals surface area contributed by atoms with Crippen LogP contribution in [0.3, 0.4) is 0 Å². The van der Waals surface area contributed by atoms with E-state index in [1.165, 1.54) is 6.42 Å². The summed E-state index contributed by atoms with van der Waals surface area (Å²) in [7, 11) is 3.12. The molecule has 0 radical (unpaired) electrons. The van der Waals surface area contributed by atoms with E-state index < -0.39 is 6.04 Å². The highest BCUT2D eigenvalue weighted by Crippen LogP contribution is 2.28. The Morgan fingerprint density at radius 2 is 1.50 bits per heavy atom. The third kappa shape index (κ3) is 8.25. The van der Waals surface area contributed by atoms with Crippen molar-refractivity contribution in [1.82, 2.24) is 10.2 Å². The van der Waals surface area contributed by atoms with E-state index in [0.717, 1.165) is 42.4 Å². The highest BCUT2D eigenvalue weighted by molar-refractivity contribution is 5.88. The van der Waals surface area contributed by atoms with Crippen molar-refractivity contribution in [3.63, 3.8) is 0 Å². The Morgan fingerprint density at radius 3 is 2.15 bits per heavy atom. The molecule has 1 aliphatic rings. The monoisotopic (exact) mass is 544 g/mol. The summed E-state index contributed by atoms with van der Waals surface area (Å²) >= 11 is 0. The average Bonchev–Trinajstić information content (AvgIpc) is 2.98. The lowest BCUT2D eigenvalue weighted by molar-refractivity contribution is -0.143. The zero-order valence-electron chi connectivity index (χ0n) is 23.7. The largest absolute Gasteiger partial charge is 0.496 e. The summed E-state index contributed by atoms with van der Waals surface area (Å²) in [6.45, 7) is 2.08. The molecule has 4 rings (SSSR count). The Labute approximate surface area is 237 Å². The van der Waals surface area contributed by atoms with Crippen LogP contribution in [0, 0.1) is 6.92 Å². The normalized spacial score (nSPS) is 14.2. The fourth-order valence-electron chi connectivity index (χ4n) is 5.20. The summed E-state index contributed by atoms with van der Waals surface area (Å²) in [5, 5.41) is 3.27. The number of benzene rings is 3. The van der Waals surface area contributed by atoms with Crippen molar-refractivity contribution in [3.8, 4) is 17.2 Å². The molecule has 0 aliphatic heterocycles. The van der Waals surface area contributed by atoms with E-state index in [1.807, 2.05) is 61.5 Å². The van der Waals surface area contributed by atoms with Crippen LogP contribution in [-0.4, -0.2) is 49.6 Å². The Balaban J connectivity index is 1.62. The van der Waals surface area contributed by atoms with E-state index in [-0.39, 0.29) is 24.5 Å². The van der Waals surface area contributed by atoms with Crippen molar-refractivity contribution in [3.05, 3.63) is 89.5 Å². The maximum Gasteiger partial charge on any atom is 0.261 e. The molecule has 7 nitrogen and oxygen atoms in total. The van der Waals surface area contributed by atoms with Crippen LogP contribution in [-0.2, 0) is 22.6 Å². The smallest absolute Gasteiger partial charge is 0.261 e. The third-order valence-corrected chi connectivity index (χ3v) is 7.35. The molecular weight excluding hydrogens is 504 g/mol. The number of carbonyl (C=O) groups is 2. The number of hydrogen-bond donors (Lipinski definition) is 1. The van der Waals surface area contributed by atoms with Gasteiger partial charge in [0.1, 0.15) is 23.3 Å². The molecule has 0 spiro atoms. The third-order valence-electron chi connectivity index (χ3n) is 7.35. The number of methoxy groups -OCH3 is 2. The van der Waals surface area contributed by atoms with Crippen LogP contribution in [0.2, 0.25) is 0 Å². The van der Waals surface area contributed by atoms with Gasteiger partial charge < -0.3 is 24.4 Å². The van der Waals surface area contributed by atoms with Gasteiger partial charge in [-0.2, -0.15) is 0 Å². The van der Waals surface area contributed by atoms with Gasteiger partial charge in [0.25, 0.3) is 5.91 Å². The van der Waals surface area contributed by atoms with E-state index in [2.05, 4.69) is 5.32 Å². The van der Waals surface area contributed by atoms with Crippen molar-refractivity contribution in [1.29, 1.82) is 0 Å². The number of aryl methyl sites for hydroxylation is 1. The summed E-state index contributed by atoms with van der Waals surface area (Å²) in [4.78, 5) is 29.4. The van der Waals surface area contributed by atoms with Gasteiger partial charge in [0.15, 0.2) is 6.61 Å². The summed E-state index contributed by atoms with van der Waals surface area (Å²) in [6, 6.07) is 22.5. The molecule has 0 aromatic heterocycles. The Kier molecular flexibility index (Phi) is 10.4. The van der Waals surface area contributed by atoms with Crippen molar-refractivity contribution >= 4 is 11.8 Å². The fourth-order valence-corrected chi connectivity index (χ4v) is 5.20. The molecule has 3 aromatic rings. The fraction of sp³-hybridized carbons (Fsp3) is 0.394. The molecule has 0 saturated heterocycles. The molecule has 1 saturated carbocycles. The highest BCUT2D eigenvalue weighted by atomic mass is 16.5. The summed E-state index contributed by atoms with van der Waals surface area (Å²) in [6.07, 6.45) is 5.76. The molecule has 7 heteroatoms. The van der Waals surface area contributed by atoms with Gasteiger partial charge in [-0.05, 0) is 30.9 Å². The van der Waals surface area contributed by atoms with Crippen LogP contribution in [0.5, 0.6) is 17.2 Å². The molecular formula is C33H40N2O5. The van der Waals surface area contributed by atoms with E-state index in [4.69, 9.17) is 14.2 Å². The van der Waals surface area contributed by atoms with Crippen LogP contribution >= 0.6 is 0 Å². The van der Waals surface area contributed by atoms with Crippen LogP contribution < -0.4 is 19.5 Å². The van der Waals surface area contributed by atoms with Gasteiger partial charge in [0, 0.05) is 37.2 Å². The maximum atomic E-state index is 13.9. The van der Waals surface area contributed by atoms with Gasteiger partial charge in [0.2, 0.25) is 5.91 Å². The first kappa shape index (κ1) is 29.0. The maximum absolute atomic E-state index is 13.9. The number of rotatable bonds is 12. The number of hydrogen-bond acceptors (Lipinski definition) is 5. The molecule has 0 heterocycles. The number of amides is 2. The highest BCUT2D eigenvalue weighted by Gasteiger charge is 2.32. The van der Waals surface area contributed by atoms with E-state index in [1.54, 1.807) is 37.3 Å². The molecule has 1 fully saturated rings. The first-order chi connectivity index (χ1) is 19.4. The van der Waals surface area contributed by atoms with Crippen molar-refractivity contribution in [2.24, 2.45) is 0 Å². The van der Waals surface area contributed by atoms with Gasteiger partial charge in [-0.1, -0.05) is 79.4 Å². The summed E-state index contributed by atoms with van der Waals surface area (Å²) in [5.74, 6) is 1.17. The molecule has 0 bridgehead atoms. The molecule has 1 aliphatic carbocycles. The molecule has 1 atom stereocenters. The Bertz CT molecular complexity index is 1230. The predicted octanol–water partition coefficient (Wildman–Crippen LogP) is 5.48. The zero-order valence-corrected chi connectivity index (χ0v) is 23.7. The van der Waals surface area contributed by atoms with Gasteiger partial charge in [-0.3, -0.25) is 9.59 Å². The van der Waals surface area contributed by atoms with Gasteiger partial charge in [-0.15, -0.1) is 0 Å². The Hall–Kier alpha value is -4.00. The minimum Gasteiger partial charge on any atom is -0.496 e. The minimum atomic E-state index is -0.694. The average molecular weight is 545 g/mol. The molecule has 40 heavy (non-hydrogen) atoms. The van der Waals surface area contributed by atoms with E-state index >= 15 is 0 Å². The quantitative estimate of drug-likeness (QED) is 0.327. The van der Waals surface area contributed by atoms with Crippen LogP contribution in [0.4, 0.5) is 0 Å². The molecule has 1 N–H and O–H groups in total. The standard InChI is InChI=1S/C33H40N2O5/c1-24-11-10-14-26(17-24)22-35(32(36)23-40-30-20-28(38-2)19-29(21-30)39-3)31(18-25-12-6-4-7-13-25)33(37)34-27-15-8-5-9-16-27/h4,6-7,10-14,17,19-21,27,31H,5,8-9,15-16,18,22-23H2,1-3H3,(H,34,37)/t31-/m0/s1. The zero-order chi connectivity index (χ0) is 28.3. The first-order valence-corrected chi connectivity index (χ1v) is 14.0.